The molecule has 2 aromatic rings. The molecule has 2 rings (SSSR count). The summed E-state index contributed by atoms with van der Waals surface area (Å²) in [6.07, 6.45) is 0. The molecule has 0 bridgehead atoms. The van der Waals surface area contributed by atoms with Crippen molar-refractivity contribution in [3.05, 3.63) is 54.1 Å². The number of carbonyl (C=O) groups is 3. The number of nitrogens with one attached hydrogen (secondary N) is 3. The van der Waals surface area contributed by atoms with Gasteiger partial charge in [-0.3, -0.25) is 14.4 Å². The molecule has 0 heterocycles. The van der Waals surface area contributed by atoms with Gasteiger partial charge in [0.2, 0.25) is 11.8 Å². The van der Waals surface area contributed by atoms with Crippen molar-refractivity contribution in [3.8, 4) is 0 Å². The van der Waals surface area contributed by atoms with Crippen molar-refractivity contribution < 1.29 is 14.4 Å². The quantitative estimate of drug-likeness (QED) is 0.586. The second kappa shape index (κ2) is 11.0. The van der Waals surface area contributed by atoms with Crippen molar-refractivity contribution >= 4 is 34.8 Å². The highest BCUT2D eigenvalue weighted by Gasteiger charge is 2.12. The van der Waals surface area contributed by atoms with Gasteiger partial charge in [-0.1, -0.05) is 19.9 Å². The lowest BCUT2D eigenvalue weighted by molar-refractivity contribution is -0.119. The molecule has 7 nitrogen and oxygen atoms in total. The molecule has 30 heavy (non-hydrogen) atoms. The van der Waals surface area contributed by atoms with Crippen LogP contribution in [-0.4, -0.2) is 42.3 Å². The minimum atomic E-state index is -0.217. The normalized spacial score (nSPS) is 10.4. The van der Waals surface area contributed by atoms with E-state index in [4.69, 9.17) is 0 Å². The van der Waals surface area contributed by atoms with E-state index in [1.54, 1.807) is 53.4 Å². The number of benzene rings is 2. The Balaban J connectivity index is 1.89. The standard InChI is InChI=1S/C23H30N4O3/c1-5-27(6-2)23(30)17-10-12-18(13-11-17)24-15-21(28)25-19-8-7-9-20(14-19)26-22(29)16(3)4/h7-14,16,24H,5-6,15H2,1-4H3,(H,25,28)(H,26,29). The first-order chi connectivity index (χ1) is 14.3. The monoisotopic (exact) mass is 410 g/mol. The van der Waals surface area contributed by atoms with Crippen LogP contribution in [0.3, 0.4) is 0 Å². The van der Waals surface area contributed by atoms with E-state index in [-0.39, 0.29) is 30.2 Å². The zero-order valence-electron chi connectivity index (χ0n) is 18.0. The van der Waals surface area contributed by atoms with Crippen LogP contribution < -0.4 is 16.0 Å². The maximum Gasteiger partial charge on any atom is 0.253 e. The van der Waals surface area contributed by atoms with E-state index >= 15 is 0 Å². The summed E-state index contributed by atoms with van der Waals surface area (Å²) in [6, 6.07) is 14.1. The highest BCUT2D eigenvalue weighted by atomic mass is 16.2. The lowest BCUT2D eigenvalue weighted by Crippen LogP contribution is -2.30. The fourth-order valence-corrected chi connectivity index (χ4v) is 2.77. The first-order valence-electron chi connectivity index (χ1n) is 10.2. The Hall–Kier alpha value is -3.35. The Morgan fingerprint density at radius 3 is 2.03 bits per heavy atom. The van der Waals surface area contributed by atoms with Gasteiger partial charge >= 0.3 is 0 Å². The van der Waals surface area contributed by atoms with E-state index in [2.05, 4.69) is 16.0 Å². The fraction of sp³-hybridized carbons (Fsp3) is 0.348. The highest BCUT2D eigenvalue weighted by molar-refractivity contribution is 5.96. The summed E-state index contributed by atoms with van der Waals surface area (Å²) in [5.74, 6) is -0.427. The molecule has 160 valence electrons. The van der Waals surface area contributed by atoms with Crippen molar-refractivity contribution in [3.63, 3.8) is 0 Å². The van der Waals surface area contributed by atoms with Crippen LogP contribution in [0.2, 0.25) is 0 Å². The second-order valence-electron chi connectivity index (χ2n) is 7.18. The smallest absolute Gasteiger partial charge is 0.253 e. The summed E-state index contributed by atoms with van der Waals surface area (Å²) in [6.45, 7) is 8.94. The lowest BCUT2D eigenvalue weighted by atomic mass is 10.1. The van der Waals surface area contributed by atoms with Gasteiger partial charge in [0.25, 0.3) is 5.91 Å². The number of rotatable bonds is 9. The number of hydrogen-bond acceptors (Lipinski definition) is 4. The van der Waals surface area contributed by atoms with Gasteiger partial charge in [-0.25, -0.2) is 0 Å². The topological polar surface area (TPSA) is 90.5 Å². The Morgan fingerprint density at radius 1 is 0.867 bits per heavy atom. The molecule has 0 aliphatic carbocycles. The van der Waals surface area contributed by atoms with Crippen LogP contribution in [0.5, 0.6) is 0 Å². The van der Waals surface area contributed by atoms with E-state index in [1.807, 2.05) is 27.7 Å². The molecule has 0 radical (unpaired) electrons. The average Bonchev–Trinajstić information content (AvgIpc) is 2.73. The third kappa shape index (κ3) is 6.62. The van der Waals surface area contributed by atoms with Crippen LogP contribution in [-0.2, 0) is 9.59 Å². The number of nitrogens with zero attached hydrogens (tertiary/aromatic N) is 1. The van der Waals surface area contributed by atoms with Crippen LogP contribution in [0.4, 0.5) is 17.1 Å². The first-order valence-corrected chi connectivity index (χ1v) is 10.2. The SMILES string of the molecule is CCN(CC)C(=O)c1ccc(NCC(=O)Nc2cccc(NC(=O)C(C)C)c2)cc1. The Morgan fingerprint density at radius 2 is 1.47 bits per heavy atom. The number of amides is 3. The van der Waals surface area contributed by atoms with Crippen LogP contribution in [0.15, 0.2) is 48.5 Å². The third-order valence-electron chi connectivity index (χ3n) is 4.57. The van der Waals surface area contributed by atoms with Crippen molar-refractivity contribution in [2.75, 3.05) is 35.6 Å². The van der Waals surface area contributed by atoms with Gasteiger partial charge in [-0.15, -0.1) is 0 Å². The van der Waals surface area contributed by atoms with E-state index in [0.29, 0.717) is 30.0 Å². The lowest BCUT2D eigenvalue weighted by Gasteiger charge is -2.18. The molecule has 0 unspecified atom stereocenters. The summed E-state index contributed by atoms with van der Waals surface area (Å²) in [7, 11) is 0. The molecule has 0 saturated carbocycles. The molecule has 0 aliphatic rings. The first kappa shape index (κ1) is 22.9. The van der Waals surface area contributed by atoms with E-state index in [9.17, 15) is 14.4 Å². The number of carbonyl (C=O) groups excluding carboxylic acids is 3. The van der Waals surface area contributed by atoms with Crippen molar-refractivity contribution in [1.29, 1.82) is 0 Å². The molecule has 0 fully saturated rings. The molecule has 0 spiro atoms. The van der Waals surface area contributed by atoms with Gasteiger partial charge < -0.3 is 20.9 Å². The van der Waals surface area contributed by atoms with E-state index in [1.165, 1.54) is 0 Å². The average molecular weight is 411 g/mol. The molecule has 3 amide bonds. The van der Waals surface area contributed by atoms with Gasteiger partial charge in [0.05, 0.1) is 6.54 Å². The molecule has 0 saturated heterocycles. The summed E-state index contributed by atoms with van der Waals surface area (Å²) < 4.78 is 0. The minimum Gasteiger partial charge on any atom is -0.376 e. The molecule has 0 atom stereocenters. The van der Waals surface area contributed by atoms with Crippen LogP contribution in [0.25, 0.3) is 0 Å². The molecular formula is C23H30N4O3. The fourth-order valence-electron chi connectivity index (χ4n) is 2.77. The molecular weight excluding hydrogens is 380 g/mol. The highest BCUT2D eigenvalue weighted by Crippen LogP contribution is 2.16. The van der Waals surface area contributed by atoms with Crippen molar-refractivity contribution in [2.45, 2.75) is 27.7 Å². The van der Waals surface area contributed by atoms with Gasteiger partial charge in [-0.2, -0.15) is 0 Å². The summed E-state index contributed by atoms with van der Waals surface area (Å²) in [4.78, 5) is 38.2. The largest absolute Gasteiger partial charge is 0.376 e. The van der Waals surface area contributed by atoms with Crippen LogP contribution >= 0.6 is 0 Å². The van der Waals surface area contributed by atoms with Crippen molar-refractivity contribution in [2.24, 2.45) is 5.92 Å². The molecule has 3 N–H and O–H groups in total. The predicted molar refractivity (Wildman–Crippen MR) is 121 cm³/mol. The van der Waals surface area contributed by atoms with Gasteiger partial charge in [0.15, 0.2) is 0 Å². The molecule has 0 aliphatic heterocycles. The Bertz CT molecular complexity index is 874. The van der Waals surface area contributed by atoms with Crippen LogP contribution in [0, 0.1) is 5.92 Å². The zero-order chi connectivity index (χ0) is 22.1. The van der Waals surface area contributed by atoms with Crippen molar-refractivity contribution in [1.82, 2.24) is 4.90 Å². The zero-order valence-corrected chi connectivity index (χ0v) is 18.0. The molecule has 0 aromatic heterocycles. The summed E-state index contributed by atoms with van der Waals surface area (Å²) >= 11 is 0. The Labute approximate surface area is 177 Å². The molecule has 7 heteroatoms. The van der Waals surface area contributed by atoms with Gasteiger partial charge in [-0.05, 0) is 56.3 Å². The van der Waals surface area contributed by atoms with Crippen LogP contribution in [0.1, 0.15) is 38.1 Å². The van der Waals surface area contributed by atoms with Gasteiger partial charge in [0, 0.05) is 41.6 Å². The maximum atomic E-state index is 12.3. The summed E-state index contributed by atoms with van der Waals surface area (Å²) in [5.41, 5.74) is 2.60. The molecule has 2 aromatic carbocycles. The van der Waals surface area contributed by atoms with E-state index < -0.39 is 0 Å². The second-order valence-corrected chi connectivity index (χ2v) is 7.18. The Kier molecular flexibility index (Phi) is 8.41. The van der Waals surface area contributed by atoms with E-state index in [0.717, 1.165) is 5.69 Å². The minimum absolute atomic E-state index is 0.00580. The predicted octanol–water partition coefficient (Wildman–Crippen LogP) is 3.81. The summed E-state index contributed by atoms with van der Waals surface area (Å²) in [5, 5.41) is 8.65. The number of anilines is 3. The number of hydrogen-bond donors (Lipinski definition) is 3. The van der Waals surface area contributed by atoms with Gasteiger partial charge in [0.1, 0.15) is 0 Å². The maximum absolute atomic E-state index is 12.3. The third-order valence-corrected chi connectivity index (χ3v) is 4.57.